The second kappa shape index (κ2) is 9.30. The zero-order valence-corrected chi connectivity index (χ0v) is 17.5. The smallest absolute Gasteiger partial charge is 0.244 e. The maximum atomic E-state index is 14.3. The van der Waals surface area contributed by atoms with E-state index in [0.29, 0.717) is 11.3 Å². The summed E-state index contributed by atoms with van der Waals surface area (Å²) in [6, 6.07) is 4.97. The number of halogens is 2. The van der Waals surface area contributed by atoms with Crippen molar-refractivity contribution in [3.63, 3.8) is 0 Å². The molecule has 1 fully saturated rings. The number of amides is 1. The molecule has 2 aromatic rings. The van der Waals surface area contributed by atoms with Crippen LogP contribution in [0.5, 0.6) is 0 Å². The lowest BCUT2D eigenvalue weighted by atomic mass is 10.0. The molecule has 1 aliphatic rings. The average Bonchev–Trinajstić information content (AvgIpc) is 3.07. The molecule has 7 heteroatoms. The fourth-order valence-corrected chi connectivity index (χ4v) is 3.57. The maximum Gasteiger partial charge on any atom is 0.244 e. The van der Waals surface area contributed by atoms with E-state index in [4.69, 9.17) is 0 Å². The first-order chi connectivity index (χ1) is 13.4. The van der Waals surface area contributed by atoms with Gasteiger partial charge in [0.25, 0.3) is 0 Å². The van der Waals surface area contributed by atoms with Crippen molar-refractivity contribution in [3.8, 4) is 5.69 Å². The van der Waals surface area contributed by atoms with Crippen molar-refractivity contribution in [2.75, 3.05) is 19.6 Å². The van der Waals surface area contributed by atoms with Gasteiger partial charge in [0.15, 0.2) is 0 Å². The number of hydrogen-bond acceptors (Lipinski definition) is 3. The molecule has 0 saturated carbocycles. The third-order valence-electron chi connectivity index (χ3n) is 4.62. The van der Waals surface area contributed by atoms with Crippen LogP contribution in [0.15, 0.2) is 53.3 Å². The number of carbonyl (C=O) groups is 1. The second-order valence-electron chi connectivity index (χ2n) is 7.16. The molecule has 1 aromatic carbocycles. The van der Waals surface area contributed by atoms with Crippen LogP contribution in [0.3, 0.4) is 0 Å². The van der Waals surface area contributed by atoms with E-state index in [1.54, 1.807) is 30.6 Å². The van der Waals surface area contributed by atoms with Gasteiger partial charge in [0, 0.05) is 37.9 Å². The van der Waals surface area contributed by atoms with Crippen molar-refractivity contribution in [2.45, 2.75) is 25.8 Å². The van der Waals surface area contributed by atoms with Gasteiger partial charge in [0.1, 0.15) is 11.5 Å². The fraction of sp³-hybridized carbons (Fsp3) is 0.333. The molecular formula is C21H24BrFN4O. The first-order valence-electron chi connectivity index (χ1n) is 9.26. The van der Waals surface area contributed by atoms with Gasteiger partial charge in [-0.15, -0.1) is 0 Å². The molecule has 2 heterocycles. The van der Waals surface area contributed by atoms with Gasteiger partial charge in [-0.25, -0.2) is 9.07 Å². The van der Waals surface area contributed by atoms with Crippen LogP contribution in [0.4, 0.5) is 4.39 Å². The third kappa shape index (κ3) is 5.62. The van der Waals surface area contributed by atoms with E-state index in [-0.39, 0.29) is 11.9 Å². The van der Waals surface area contributed by atoms with Crippen molar-refractivity contribution in [2.24, 2.45) is 0 Å². The van der Waals surface area contributed by atoms with E-state index in [9.17, 15) is 9.18 Å². The predicted molar refractivity (Wildman–Crippen MR) is 113 cm³/mol. The van der Waals surface area contributed by atoms with Crippen molar-refractivity contribution >= 4 is 27.9 Å². The van der Waals surface area contributed by atoms with Crippen LogP contribution in [0, 0.1) is 5.82 Å². The Kier molecular flexibility index (Phi) is 6.80. The molecule has 0 radical (unpaired) electrons. The minimum absolute atomic E-state index is 0.154. The summed E-state index contributed by atoms with van der Waals surface area (Å²) < 4.78 is 16.6. The highest BCUT2D eigenvalue weighted by molar-refractivity contribution is 9.10. The van der Waals surface area contributed by atoms with Crippen LogP contribution in [0.25, 0.3) is 11.8 Å². The second-order valence-corrected chi connectivity index (χ2v) is 8.08. The number of nitrogens with zero attached hydrogens (tertiary/aromatic N) is 3. The third-order valence-corrected chi connectivity index (χ3v) is 5.03. The van der Waals surface area contributed by atoms with Gasteiger partial charge in [-0.2, -0.15) is 5.10 Å². The molecule has 0 unspecified atom stereocenters. The van der Waals surface area contributed by atoms with Crippen LogP contribution < -0.4 is 5.32 Å². The SMILES string of the molecule is C=C(C)CN1CCC(NC(=O)/C=C/c2ccc(-n3cc(Br)cn3)c(F)c2)CC1. The van der Waals surface area contributed by atoms with Crippen LogP contribution in [0.1, 0.15) is 25.3 Å². The first kappa shape index (κ1) is 20.5. The Morgan fingerprint density at radius 3 is 2.79 bits per heavy atom. The summed E-state index contributed by atoms with van der Waals surface area (Å²) in [6.45, 7) is 8.80. The Morgan fingerprint density at radius 1 is 1.43 bits per heavy atom. The molecule has 0 spiro atoms. The normalized spacial score (nSPS) is 15.8. The highest BCUT2D eigenvalue weighted by Crippen LogP contribution is 2.18. The lowest BCUT2D eigenvalue weighted by Gasteiger charge is -2.32. The number of aromatic nitrogens is 2. The molecule has 0 bridgehead atoms. The molecule has 1 N–H and O–H groups in total. The molecule has 1 aromatic heterocycles. The maximum absolute atomic E-state index is 14.3. The van der Waals surface area contributed by atoms with E-state index in [1.165, 1.54) is 16.8 Å². The van der Waals surface area contributed by atoms with E-state index in [0.717, 1.165) is 42.5 Å². The highest BCUT2D eigenvalue weighted by atomic mass is 79.9. The summed E-state index contributed by atoms with van der Waals surface area (Å²) in [5, 5.41) is 7.11. The van der Waals surface area contributed by atoms with Gasteiger partial charge in [-0.05, 0) is 59.5 Å². The summed E-state index contributed by atoms with van der Waals surface area (Å²) in [7, 11) is 0. The summed E-state index contributed by atoms with van der Waals surface area (Å²) >= 11 is 3.30. The van der Waals surface area contributed by atoms with E-state index in [1.807, 2.05) is 6.92 Å². The van der Waals surface area contributed by atoms with Gasteiger partial charge in [0.05, 0.1) is 10.7 Å². The summed E-state index contributed by atoms with van der Waals surface area (Å²) in [6.07, 6.45) is 8.21. The fourth-order valence-electron chi connectivity index (χ4n) is 3.28. The zero-order chi connectivity index (χ0) is 20.1. The van der Waals surface area contributed by atoms with Crippen LogP contribution in [-0.2, 0) is 4.79 Å². The number of piperidine rings is 1. The lowest BCUT2D eigenvalue weighted by molar-refractivity contribution is -0.117. The molecule has 28 heavy (non-hydrogen) atoms. The lowest BCUT2D eigenvalue weighted by Crippen LogP contribution is -2.44. The molecule has 5 nitrogen and oxygen atoms in total. The van der Waals surface area contributed by atoms with Crippen molar-refractivity contribution in [3.05, 3.63) is 64.7 Å². The summed E-state index contributed by atoms with van der Waals surface area (Å²) in [5.74, 6) is -0.554. The van der Waals surface area contributed by atoms with Gasteiger partial charge in [0.2, 0.25) is 5.91 Å². The summed E-state index contributed by atoms with van der Waals surface area (Å²) in [4.78, 5) is 14.5. The average molecular weight is 447 g/mol. The molecule has 1 saturated heterocycles. The van der Waals surface area contributed by atoms with Gasteiger partial charge in [-0.3, -0.25) is 9.69 Å². The van der Waals surface area contributed by atoms with Crippen LogP contribution in [-0.4, -0.2) is 46.3 Å². The summed E-state index contributed by atoms with van der Waals surface area (Å²) in [5.41, 5.74) is 2.14. The largest absolute Gasteiger partial charge is 0.350 e. The predicted octanol–water partition coefficient (Wildman–Crippen LogP) is 3.94. The number of nitrogens with one attached hydrogen (secondary N) is 1. The molecule has 148 valence electrons. The van der Waals surface area contributed by atoms with Gasteiger partial charge >= 0.3 is 0 Å². The van der Waals surface area contributed by atoms with E-state index < -0.39 is 5.82 Å². The number of hydrogen-bond donors (Lipinski definition) is 1. The minimum atomic E-state index is -0.400. The quantitative estimate of drug-likeness (QED) is 0.539. The Bertz CT molecular complexity index is 884. The Morgan fingerprint density at radius 2 is 2.18 bits per heavy atom. The number of benzene rings is 1. The Balaban J connectivity index is 1.53. The molecule has 1 amide bonds. The minimum Gasteiger partial charge on any atom is -0.350 e. The molecular weight excluding hydrogens is 423 g/mol. The Hall–Kier alpha value is -2.25. The van der Waals surface area contributed by atoms with E-state index in [2.05, 4.69) is 37.8 Å². The van der Waals surface area contributed by atoms with Crippen molar-refractivity contribution in [1.82, 2.24) is 20.0 Å². The molecule has 0 atom stereocenters. The van der Waals surface area contributed by atoms with Crippen LogP contribution in [0.2, 0.25) is 0 Å². The van der Waals surface area contributed by atoms with Crippen LogP contribution >= 0.6 is 15.9 Å². The molecule has 0 aliphatic carbocycles. The van der Waals surface area contributed by atoms with Gasteiger partial charge in [-0.1, -0.05) is 18.2 Å². The monoisotopic (exact) mass is 446 g/mol. The number of likely N-dealkylation sites (tertiary alicyclic amines) is 1. The number of carbonyl (C=O) groups excluding carboxylic acids is 1. The standard InChI is InChI=1S/C21H24BrFN4O/c1-15(2)13-26-9-7-18(8-10-26)25-21(28)6-4-16-3-5-20(19(23)11-16)27-14-17(22)12-24-27/h3-6,11-12,14,18H,1,7-10,13H2,2H3,(H,25,28)/b6-4+. The Labute approximate surface area is 173 Å². The van der Waals surface area contributed by atoms with Crippen molar-refractivity contribution in [1.29, 1.82) is 0 Å². The topological polar surface area (TPSA) is 50.2 Å². The zero-order valence-electron chi connectivity index (χ0n) is 15.9. The highest BCUT2D eigenvalue weighted by Gasteiger charge is 2.19. The first-order valence-corrected chi connectivity index (χ1v) is 10.1. The van der Waals surface area contributed by atoms with E-state index >= 15 is 0 Å². The van der Waals surface area contributed by atoms with Crippen molar-refractivity contribution < 1.29 is 9.18 Å². The van der Waals surface area contributed by atoms with Gasteiger partial charge < -0.3 is 5.32 Å². The molecule has 1 aliphatic heterocycles. The number of rotatable bonds is 6. The molecule has 3 rings (SSSR count).